The zero-order valence-electron chi connectivity index (χ0n) is 8.58. The number of hydrogen-bond donors (Lipinski definition) is 2. The average molecular weight is 293 g/mol. The summed E-state index contributed by atoms with van der Waals surface area (Å²) in [7, 11) is 0. The first-order valence-electron chi connectivity index (χ1n) is 4.94. The summed E-state index contributed by atoms with van der Waals surface area (Å²) in [5.41, 5.74) is 6.83. The van der Waals surface area contributed by atoms with E-state index in [1.165, 1.54) is 0 Å². The summed E-state index contributed by atoms with van der Waals surface area (Å²) in [4.78, 5) is 0. The van der Waals surface area contributed by atoms with Crippen molar-refractivity contribution in [3.63, 3.8) is 0 Å². The molecule has 15 heavy (non-hydrogen) atoms. The number of hydrogen-bond acceptors (Lipinski definition) is 2. The Balaban J connectivity index is 2.81. The number of halogens is 2. The van der Waals surface area contributed by atoms with Crippen LogP contribution in [0.2, 0.25) is 5.02 Å². The van der Waals surface area contributed by atoms with Gasteiger partial charge < -0.3 is 10.8 Å². The second kappa shape index (κ2) is 5.85. The quantitative estimate of drug-likeness (QED) is 0.895. The Bertz CT molecular complexity index is 332. The fraction of sp³-hybridized carbons (Fsp3) is 0.455. The van der Waals surface area contributed by atoms with Crippen LogP contribution in [0.15, 0.2) is 22.7 Å². The lowest BCUT2D eigenvalue weighted by atomic mass is 9.99. The number of nitrogens with two attached hydrogens (primary N) is 1. The van der Waals surface area contributed by atoms with Crippen molar-refractivity contribution in [1.29, 1.82) is 0 Å². The van der Waals surface area contributed by atoms with E-state index in [1.54, 1.807) is 6.07 Å². The molecule has 0 saturated carbocycles. The molecule has 0 aromatic heterocycles. The lowest BCUT2D eigenvalue weighted by Gasteiger charge is -2.19. The summed E-state index contributed by atoms with van der Waals surface area (Å²) in [6, 6.07) is 5.13. The standard InChI is InChI=1S/C11H15BrClNO/c1-2-3-10(15)11(14)7-4-5-9(13)8(12)6-7/h4-6,10-11,15H,2-3,14H2,1H3/t10-,11+/m1/s1. The molecule has 0 fully saturated rings. The second-order valence-corrected chi connectivity index (χ2v) is 4.82. The molecule has 1 aromatic rings. The van der Waals surface area contributed by atoms with E-state index in [4.69, 9.17) is 17.3 Å². The van der Waals surface area contributed by atoms with Crippen molar-refractivity contribution in [1.82, 2.24) is 0 Å². The van der Waals surface area contributed by atoms with Crippen molar-refractivity contribution in [3.8, 4) is 0 Å². The molecule has 0 saturated heterocycles. The Kier molecular flexibility index (Phi) is 5.06. The van der Waals surface area contributed by atoms with Crippen molar-refractivity contribution in [2.24, 2.45) is 5.73 Å². The molecule has 1 aromatic carbocycles. The molecule has 1 rings (SSSR count). The summed E-state index contributed by atoms with van der Waals surface area (Å²) < 4.78 is 0.806. The summed E-state index contributed by atoms with van der Waals surface area (Å²) in [6.07, 6.45) is 1.13. The molecular weight excluding hydrogens is 277 g/mol. The van der Waals surface area contributed by atoms with Crippen molar-refractivity contribution in [2.75, 3.05) is 0 Å². The molecule has 0 heterocycles. The normalized spacial score (nSPS) is 15.0. The molecule has 4 heteroatoms. The molecule has 0 aliphatic heterocycles. The Labute approximate surface area is 104 Å². The summed E-state index contributed by atoms with van der Waals surface area (Å²) in [6.45, 7) is 2.02. The van der Waals surface area contributed by atoms with Gasteiger partial charge in [-0.25, -0.2) is 0 Å². The van der Waals surface area contributed by atoms with Gasteiger partial charge in [-0.05, 0) is 40.0 Å². The van der Waals surface area contributed by atoms with E-state index in [1.807, 2.05) is 19.1 Å². The first-order valence-corrected chi connectivity index (χ1v) is 6.12. The van der Waals surface area contributed by atoms with Crippen LogP contribution in [0.25, 0.3) is 0 Å². The molecule has 2 nitrogen and oxygen atoms in total. The third-order valence-corrected chi connectivity index (χ3v) is 3.54. The van der Waals surface area contributed by atoms with Gasteiger partial charge >= 0.3 is 0 Å². The fourth-order valence-electron chi connectivity index (χ4n) is 1.42. The largest absolute Gasteiger partial charge is 0.391 e. The minimum absolute atomic E-state index is 0.349. The lowest BCUT2D eigenvalue weighted by Crippen LogP contribution is -2.25. The molecule has 0 amide bonds. The SMILES string of the molecule is CCC[C@@H](O)[C@@H](N)c1ccc(Cl)c(Br)c1. The average Bonchev–Trinajstić information content (AvgIpc) is 2.21. The van der Waals surface area contributed by atoms with E-state index >= 15 is 0 Å². The maximum atomic E-state index is 9.76. The molecule has 0 unspecified atom stereocenters. The Hall–Kier alpha value is -0.0900. The van der Waals surface area contributed by atoms with E-state index in [-0.39, 0.29) is 6.04 Å². The molecule has 0 radical (unpaired) electrons. The van der Waals surface area contributed by atoms with Gasteiger partial charge in [0.15, 0.2) is 0 Å². The highest BCUT2D eigenvalue weighted by molar-refractivity contribution is 9.10. The number of benzene rings is 1. The van der Waals surface area contributed by atoms with Crippen LogP contribution < -0.4 is 5.73 Å². The lowest BCUT2D eigenvalue weighted by molar-refractivity contribution is 0.134. The molecule has 0 aliphatic carbocycles. The molecule has 0 aliphatic rings. The first-order chi connectivity index (χ1) is 7.06. The highest BCUT2D eigenvalue weighted by atomic mass is 79.9. The van der Waals surface area contributed by atoms with Gasteiger partial charge in [0.2, 0.25) is 0 Å². The van der Waals surface area contributed by atoms with Crippen LogP contribution in [-0.4, -0.2) is 11.2 Å². The van der Waals surface area contributed by atoms with Crippen LogP contribution in [0.5, 0.6) is 0 Å². The van der Waals surface area contributed by atoms with Gasteiger partial charge in [-0.15, -0.1) is 0 Å². The van der Waals surface area contributed by atoms with E-state index in [0.717, 1.165) is 16.5 Å². The highest BCUT2D eigenvalue weighted by Gasteiger charge is 2.16. The molecule has 0 bridgehead atoms. The van der Waals surface area contributed by atoms with E-state index < -0.39 is 6.10 Å². The first kappa shape index (κ1) is 13.0. The van der Waals surface area contributed by atoms with Gasteiger partial charge in [-0.3, -0.25) is 0 Å². The van der Waals surface area contributed by atoms with Crippen molar-refractivity contribution >= 4 is 27.5 Å². The van der Waals surface area contributed by atoms with Crippen LogP contribution in [0, 0.1) is 0 Å². The zero-order chi connectivity index (χ0) is 11.4. The van der Waals surface area contributed by atoms with Gasteiger partial charge in [-0.1, -0.05) is 31.0 Å². The predicted molar refractivity (Wildman–Crippen MR) is 67.0 cm³/mol. The van der Waals surface area contributed by atoms with E-state index in [9.17, 15) is 5.11 Å². The van der Waals surface area contributed by atoms with E-state index in [0.29, 0.717) is 11.4 Å². The van der Waals surface area contributed by atoms with Crippen molar-refractivity contribution in [3.05, 3.63) is 33.3 Å². The minimum atomic E-state index is -0.497. The van der Waals surface area contributed by atoms with Crippen LogP contribution in [0.3, 0.4) is 0 Å². The Morgan fingerprint density at radius 3 is 2.73 bits per heavy atom. The number of aliphatic hydroxyl groups excluding tert-OH is 1. The smallest absolute Gasteiger partial charge is 0.0732 e. The van der Waals surface area contributed by atoms with Gasteiger partial charge in [0.25, 0.3) is 0 Å². The van der Waals surface area contributed by atoms with Gasteiger partial charge in [-0.2, -0.15) is 0 Å². The van der Waals surface area contributed by atoms with Crippen LogP contribution in [0.1, 0.15) is 31.4 Å². The molecular formula is C11H15BrClNO. The Morgan fingerprint density at radius 1 is 1.53 bits per heavy atom. The van der Waals surface area contributed by atoms with Gasteiger partial charge in [0, 0.05) is 4.47 Å². The fourth-order valence-corrected chi connectivity index (χ4v) is 1.93. The summed E-state index contributed by atoms with van der Waals surface area (Å²) in [5, 5.41) is 10.4. The number of rotatable bonds is 4. The van der Waals surface area contributed by atoms with Crippen LogP contribution >= 0.6 is 27.5 Å². The van der Waals surface area contributed by atoms with Gasteiger partial charge in [0.1, 0.15) is 0 Å². The monoisotopic (exact) mass is 291 g/mol. The summed E-state index contributed by atoms with van der Waals surface area (Å²) in [5.74, 6) is 0. The zero-order valence-corrected chi connectivity index (χ0v) is 10.9. The third-order valence-electron chi connectivity index (χ3n) is 2.33. The highest BCUT2D eigenvalue weighted by Crippen LogP contribution is 2.27. The molecule has 3 N–H and O–H groups in total. The van der Waals surface area contributed by atoms with E-state index in [2.05, 4.69) is 15.9 Å². The molecule has 84 valence electrons. The maximum Gasteiger partial charge on any atom is 0.0732 e. The summed E-state index contributed by atoms with van der Waals surface area (Å²) >= 11 is 9.21. The Morgan fingerprint density at radius 2 is 2.20 bits per heavy atom. The second-order valence-electron chi connectivity index (χ2n) is 3.56. The van der Waals surface area contributed by atoms with Crippen molar-refractivity contribution in [2.45, 2.75) is 31.9 Å². The van der Waals surface area contributed by atoms with Crippen LogP contribution in [0.4, 0.5) is 0 Å². The predicted octanol–water partition coefficient (Wildman–Crippen LogP) is 3.26. The molecule has 2 atom stereocenters. The van der Waals surface area contributed by atoms with Crippen LogP contribution in [-0.2, 0) is 0 Å². The molecule has 0 spiro atoms. The topological polar surface area (TPSA) is 46.2 Å². The van der Waals surface area contributed by atoms with Gasteiger partial charge in [0.05, 0.1) is 17.2 Å². The minimum Gasteiger partial charge on any atom is -0.391 e. The number of aliphatic hydroxyl groups is 1. The van der Waals surface area contributed by atoms with Crippen molar-refractivity contribution < 1.29 is 5.11 Å². The maximum absolute atomic E-state index is 9.76. The third kappa shape index (κ3) is 3.45.